The quantitative estimate of drug-likeness (QED) is 0.591. The van der Waals surface area contributed by atoms with Gasteiger partial charge >= 0.3 is 0 Å². The van der Waals surface area contributed by atoms with Gasteiger partial charge < -0.3 is 25.0 Å². The number of piperidine rings is 1. The molecule has 1 aromatic carbocycles. The van der Waals surface area contributed by atoms with Crippen molar-refractivity contribution in [1.82, 2.24) is 14.9 Å². The van der Waals surface area contributed by atoms with Gasteiger partial charge in [-0.2, -0.15) is 0 Å². The fraction of sp³-hybridized carbons (Fsp3) is 0.519. The topological polar surface area (TPSA) is 89.1 Å². The van der Waals surface area contributed by atoms with Crippen molar-refractivity contribution in [3.05, 3.63) is 53.1 Å². The Balaban J connectivity index is 1.36. The molecule has 4 heterocycles. The summed E-state index contributed by atoms with van der Waals surface area (Å²) in [5.74, 6) is -0.448. The van der Waals surface area contributed by atoms with Gasteiger partial charge in [-0.05, 0) is 38.4 Å². The highest BCUT2D eigenvalue weighted by Gasteiger charge is 2.28. The summed E-state index contributed by atoms with van der Waals surface area (Å²) in [6.07, 6.45) is 8.18. The zero-order valence-corrected chi connectivity index (χ0v) is 21.2. The summed E-state index contributed by atoms with van der Waals surface area (Å²) in [7, 11) is 2.08. The van der Waals surface area contributed by atoms with E-state index < -0.39 is 11.6 Å². The lowest BCUT2D eigenvalue weighted by Gasteiger charge is -2.35. The van der Waals surface area contributed by atoms with Crippen LogP contribution in [-0.4, -0.2) is 66.7 Å². The Bertz CT molecular complexity index is 1160. The summed E-state index contributed by atoms with van der Waals surface area (Å²) in [6.45, 7) is 3.71. The van der Waals surface area contributed by atoms with Gasteiger partial charge in [-0.1, -0.05) is 0 Å². The first kappa shape index (κ1) is 25.5. The van der Waals surface area contributed by atoms with E-state index in [1.54, 1.807) is 6.21 Å². The number of nitrogens with two attached hydrogens (primary N) is 1. The minimum Gasteiger partial charge on any atom is -0.487 e. The average Bonchev–Trinajstić information content (AvgIpc) is 2.91. The molecule has 5 rings (SSSR count). The Labute approximate surface area is 216 Å². The van der Waals surface area contributed by atoms with E-state index in [2.05, 4.69) is 21.8 Å². The Kier molecular flexibility index (Phi) is 7.95. The molecule has 8 nitrogen and oxygen atoms in total. The molecule has 0 saturated carbocycles. The molecule has 1 unspecified atom stereocenters. The number of aliphatic imine (C=N–C) groups is 1. The molecule has 0 bridgehead atoms. The van der Waals surface area contributed by atoms with Crippen molar-refractivity contribution >= 4 is 17.6 Å². The van der Waals surface area contributed by atoms with Crippen LogP contribution in [0.4, 0.5) is 14.6 Å². The summed E-state index contributed by atoms with van der Waals surface area (Å²) in [5.41, 5.74) is 9.46. The second-order valence-electron chi connectivity index (χ2n) is 9.88. The molecule has 0 spiro atoms. The first-order chi connectivity index (χ1) is 18.0. The SMILES string of the molecule is CN1CCc2nc(N3CCC(Oc4ccc(F)cc4F)CC3)c(C(=C/N)/C=N/C3CCCCO3)nc2C1. The van der Waals surface area contributed by atoms with Crippen LogP contribution in [0.2, 0.25) is 0 Å². The molecule has 3 aliphatic rings. The van der Waals surface area contributed by atoms with Gasteiger partial charge in [-0.3, -0.25) is 4.99 Å². The number of anilines is 1. The molecule has 0 aliphatic carbocycles. The number of rotatable bonds is 6. The first-order valence-corrected chi connectivity index (χ1v) is 13.0. The van der Waals surface area contributed by atoms with Gasteiger partial charge in [0.05, 0.1) is 11.4 Å². The molecule has 2 N–H and O–H groups in total. The molecule has 2 saturated heterocycles. The monoisotopic (exact) mass is 512 g/mol. The van der Waals surface area contributed by atoms with Crippen LogP contribution in [0, 0.1) is 11.6 Å². The van der Waals surface area contributed by atoms with Crippen molar-refractivity contribution in [3.8, 4) is 5.75 Å². The molecular formula is C27H34F2N6O2. The number of hydrogen-bond acceptors (Lipinski definition) is 8. The lowest BCUT2D eigenvalue weighted by molar-refractivity contribution is 0.0227. The van der Waals surface area contributed by atoms with E-state index in [1.165, 1.54) is 18.3 Å². The molecule has 198 valence electrons. The highest BCUT2D eigenvalue weighted by Crippen LogP contribution is 2.30. The number of nitrogens with zero attached hydrogens (tertiary/aromatic N) is 5. The molecule has 1 aromatic heterocycles. The van der Waals surface area contributed by atoms with Crippen LogP contribution in [0.5, 0.6) is 5.75 Å². The summed E-state index contributed by atoms with van der Waals surface area (Å²) in [6, 6.07) is 3.40. The summed E-state index contributed by atoms with van der Waals surface area (Å²) in [5, 5.41) is 0. The van der Waals surface area contributed by atoms with Crippen LogP contribution < -0.4 is 15.4 Å². The molecule has 10 heteroatoms. The minimum atomic E-state index is -0.686. The number of aromatic nitrogens is 2. The Morgan fingerprint density at radius 1 is 1.14 bits per heavy atom. The number of allylic oxidation sites excluding steroid dienone is 1. The third kappa shape index (κ3) is 6.07. The third-order valence-electron chi connectivity index (χ3n) is 7.10. The number of likely N-dealkylation sites (N-methyl/N-ethyl adjacent to an activating group) is 1. The lowest BCUT2D eigenvalue weighted by atomic mass is 10.1. The predicted molar refractivity (Wildman–Crippen MR) is 139 cm³/mol. The Hall–Kier alpha value is -3.11. The lowest BCUT2D eigenvalue weighted by Crippen LogP contribution is -2.40. The molecule has 0 radical (unpaired) electrons. The van der Waals surface area contributed by atoms with Crippen LogP contribution in [0.15, 0.2) is 29.4 Å². The normalized spacial score (nSPS) is 21.9. The van der Waals surface area contributed by atoms with Crippen molar-refractivity contribution in [1.29, 1.82) is 0 Å². The molecule has 0 amide bonds. The van der Waals surface area contributed by atoms with Crippen LogP contribution in [-0.2, 0) is 17.7 Å². The molecule has 2 aromatic rings. The Morgan fingerprint density at radius 2 is 1.97 bits per heavy atom. The van der Waals surface area contributed by atoms with E-state index in [0.29, 0.717) is 37.2 Å². The van der Waals surface area contributed by atoms with Gasteiger partial charge in [0.2, 0.25) is 0 Å². The fourth-order valence-electron chi connectivity index (χ4n) is 4.99. The van der Waals surface area contributed by atoms with Crippen LogP contribution >= 0.6 is 0 Å². The zero-order valence-electron chi connectivity index (χ0n) is 21.2. The number of benzene rings is 1. The first-order valence-electron chi connectivity index (χ1n) is 13.0. The van der Waals surface area contributed by atoms with Crippen molar-refractivity contribution in [2.75, 3.05) is 38.2 Å². The molecule has 37 heavy (non-hydrogen) atoms. The third-order valence-corrected chi connectivity index (χ3v) is 7.10. The summed E-state index contributed by atoms with van der Waals surface area (Å²) >= 11 is 0. The van der Waals surface area contributed by atoms with E-state index in [4.69, 9.17) is 25.2 Å². The summed E-state index contributed by atoms with van der Waals surface area (Å²) in [4.78, 5) is 19.2. The van der Waals surface area contributed by atoms with E-state index in [-0.39, 0.29) is 18.1 Å². The van der Waals surface area contributed by atoms with Crippen molar-refractivity contribution in [2.24, 2.45) is 10.7 Å². The highest BCUT2D eigenvalue weighted by molar-refractivity contribution is 6.10. The maximum atomic E-state index is 14.1. The predicted octanol–water partition coefficient (Wildman–Crippen LogP) is 3.69. The average molecular weight is 513 g/mol. The Morgan fingerprint density at radius 3 is 2.70 bits per heavy atom. The minimum absolute atomic E-state index is 0.0766. The molecular weight excluding hydrogens is 478 g/mol. The van der Waals surface area contributed by atoms with E-state index in [0.717, 1.165) is 68.7 Å². The zero-order chi connectivity index (χ0) is 25.8. The molecule has 2 fully saturated rings. The van der Waals surface area contributed by atoms with E-state index in [9.17, 15) is 8.78 Å². The van der Waals surface area contributed by atoms with Crippen molar-refractivity contribution in [2.45, 2.75) is 57.4 Å². The molecule has 1 atom stereocenters. The van der Waals surface area contributed by atoms with Gasteiger partial charge in [0.25, 0.3) is 0 Å². The van der Waals surface area contributed by atoms with Crippen molar-refractivity contribution < 1.29 is 18.3 Å². The summed E-state index contributed by atoms with van der Waals surface area (Å²) < 4.78 is 38.9. The standard InChI is InChI=1S/C27H34F2N6O2/c1-34-10-9-22-23(17-34)32-26(18(15-30)16-31-25-4-2-3-13-36-25)27(33-22)35-11-7-20(8-12-35)37-24-6-5-19(28)14-21(24)29/h5-6,14-16,20,25H,2-4,7-13,17,30H2,1H3/b18-15+,31-16+. The fourth-order valence-corrected chi connectivity index (χ4v) is 4.99. The number of ether oxygens (including phenoxy) is 2. The number of hydrogen-bond donors (Lipinski definition) is 1. The number of halogens is 2. The largest absolute Gasteiger partial charge is 0.487 e. The smallest absolute Gasteiger partial charge is 0.167 e. The maximum absolute atomic E-state index is 14.1. The maximum Gasteiger partial charge on any atom is 0.167 e. The van der Waals surface area contributed by atoms with Gasteiger partial charge in [-0.25, -0.2) is 18.7 Å². The van der Waals surface area contributed by atoms with E-state index >= 15 is 0 Å². The highest BCUT2D eigenvalue weighted by atomic mass is 19.1. The van der Waals surface area contributed by atoms with Gasteiger partial charge in [0.15, 0.2) is 17.4 Å². The molecule has 3 aliphatic heterocycles. The second kappa shape index (κ2) is 11.5. The van der Waals surface area contributed by atoms with Crippen LogP contribution in [0.25, 0.3) is 5.57 Å². The number of fused-ring (bicyclic) bond motifs is 1. The second-order valence-corrected chi connectivity index (χ2v) is 9.88. The van der Waals surface area contributed by atoms with Gasteiger partial charge in [0, 0.05) is 76.1 Å². The van der Waals surface area contributed by atoms with Crippen LogP contribution in [0.1, 0.15) is 49.2 Å². The van der Waals surface area contributed by atoms with Crippen LogP contribution in [0.3, 0.4) is 0 Å². The van der Waals surface area contributed by atoms with Crippen molar-refractivity contribution in [3.63, 3.8) is 0 Å². The van der Waals surface area contributed by atoms with Gasteiger partial charge in [0.1, 0.15) is 23.8 Å². The van der Waals surface area contributed by atoms with Gasteiger partial charge in [-0.15, -0.1) is 0 Å². The van der Waals surface area contributed by atoms with E-state index in [1.807, 2.05) is 0 Å².